The third-order valence-electron chi connectivity index (χ3n) is 5.09. The number of nitrogens with zero attached hydrogens (tertiary/aromatic N) is 1. The lowest BCUT2D eigenvalue weighted by molar-refractivity contribution is -0.0945. The normalized spacial score (nSPS) is 19.9. The fourth-order valence-electron chi connectivity index (χ4n) is 3.44. The monoisotopic (exact) mass is 457 g/mol. The van der Waals surface area contributed by atoms with Crippen molar-refractivity contribution >= 4 is 29.9 Å². The van der Waals surface area contributed by atoms with Gasteiger partial charge in [-0.25, -0.2) is 0 Å². The average Bonchev–Trinajstić information content (AvgIpc) is 2.57. The Labute approximate surface area is 169 Å². The van der Waals surface area contributed by atoms with E-state index in [0.29, 0.717) is 0 Å². The molecule has 1 unspecified atom stereocenters. The van der Waals surface area contributed by atoms with Gasteiger partial charge in [0.15, 0.2) is 5.96 Å². The lowest BCUT2D eigenvalue weighted by Crippen LogP contribution is -2.44. The van der Waals surface area contributed by atoms with Gasteiger partial charge in [-0.2, -0.15) is 0 Å². The number of halogens is 1. The number of ether oxygens (including phenoxy) is 1. The van der Waals surface area contributed by atoms with Crippen LogP contribution in [0.25, 0.3) is 0 Å². The smallest absolute Gasteiger partial charge is 0.191 e. The molecule has 3 rings (SSSR count). The highest BCUT2D eigenvalue weighted by atomic mass is 127. The zero-order valence-corrected chi connectivity index (χ0v) is 18.1. The minimum absolute atomic E-state index is 0. The van der Waals surface area contributed by atoms with E-state index < -0.39 is 0 Å². The van der Waals surface area contributed by atoms with E-state index in [2.05, 4.69) is 49.6 Å². The summed E-state index contributed by atoms with van der Waals surface area (Å²) in [6.45, 7) is 9.86. The summed E-state index contributed by atoms with van der Waals surface area (Å²) in [5, 5.41) is 6.92. The molecule has 0 radical (unpaired) electrons. The third-order valence-corrected chi connectivity index (χ3v) is 5.09. The van der Waals surface area contributed by atoms with E-state index >= 15 is 0 Å². The van der Waals surface area contributed by atoms with Crippen LogP contribution in [0, 0.1) is 5.41 Å². The van der Waals surface area contributed by atoms with Crippen LogP contribution in [0.2, 0.25) is 0 Å². The van der Waals surface area contributed by atoms with Crippen LogP contribution in [0.1, 0.15) is 56.3 Å². The molecule has 2 aliphatic rings. The van der Waals surface area contributed by atoms with Crippen molar-refractivity contribution < 1.29 is 4.74 Å². The van der Waals surface area contributed by atoms with E-state index in [1.54, 1.807) is 0 Å². The van der Waals surface area contributed by atoms with Gasteiger partial charge < -0.3 is 15.4 Å². The minimum atomic E-state index is 0. The van der Waals surface area contributed by atoms with Gasteiger partial charge in [-0.1, -0.05) is 25.1 Å². The Kier molecular flexibility index (Phi) is 7.55. The zero-order chi connectivity index (χ0) is 17.0. The Hall–Kier alpha value is -0.820. The van der Waals surface area contributed by atoms with E-state index in [-0.39, 0.29) is 35.4 Å². The van der Waals surface area contributed by atoms with Crippen molar-refractivity contribution in [3.05, 3.63) is 34.9 Å². The van der Waals surface area contributed by atoms with Crippen LogP contribution >= 0.6 is 24.0 Å². The molecule has 25 heavy (non-hydrogen) atoms. The highest BCUT2D eigenvalue weighted by Crippen LogP contribution is 2.27. The molecule has 1 aliphatic heterocycles. The van der Waals surface area contributed by atoms with Crippen molar-refractivity contribution in [1.29, 1.82) is 0 Å². The number of rotatable bonds is 5. The van der Waals surface area contributed by atoms with Gasteiger partial charge in [0, 0.05) is 12.0 Å². The van der Waals surface area contributed by atoms with Crippen molar-refractivity contribution in [2.45, 2.75) is 52.5 Å². The number of aryl methyl sites for hydroxylation is 2. The molecule has 0 amide bonds. The van der Waals surface area contributed by atoms with Crippen LogP contribution in [0.15, 0.2) is 23.2 Å². The number of aliphatic imine (C=N–C) groups is 1. The number of hydrogen-bond acceptors (Lipinski definition) is 2. The molecule has 1 aromatic carbocycles. The fraction of sp³-hybridized carbons (Fsp3) is 0.650. The zero-order valence-electron chi connectivity index (χ0n) is 15.7. The molecule has 1 fully saturated rings. The molecule has 5 heteroatoms. The molecule has 1 aromatic rings. The Bertz CT molecular complexity index is 599. The van der Waals surface area contributed by atoms with Gasteiger partial charge >= 0.3 is 0 Å². The van der Waals surface area contributed by atoms with Crippen LogP contribution < -0.4 is 10.6 Å². The van der Waals surface area contributed by atoms with Crippen LogP contribution in [-0.4, -0.2) is 32.3 Å². The molecule has 1 aliphatic carbocycles. The molecule has 1 heterocycles. The molecule has 2 N–H and O–H groups in total. The SMILES string of the molecule is CCNC(=NCC1(C)COC1)NC(C)c1ccc2c(c1)CCCC2.I. The largest absolute Gasteiger partial charge is 0.380 e. The molecule has 140 valence electrons. The van der Waals surface area contributed by atoms with Gasteiger partial charge in [-0.3, -0.25) is 4.99 Å². The Morgan fingerprint density at radius 3 is 2.60 bits per heavy atom. The van der Waals surface area contributed by atoms with Crippen LogP contribution in [0.3, 0.4) is 0 Å². The first-order chi connectivity index (χ1) is 11.6. The lowest BCUT2D eigenvalue weighted by atomic mass is 9.89. The summed E-state index contributed by atoms with van der Waals surface area (Å²) in [6.07, 6.45) is 5.12. The molecule has 1 atom stereocenters. The summed E-state index contributed by atoms with van der Waals surface area (Å²) in [4.78, 5) is 4.77. The highest BCUT2D eigenvalue weighted by molar-refractivity contribution is 14.0. The summed E-state index contributed by atoms with van der Waals surface area (Å²) < 4.78 is 5.32. The Morgan fingerprint density at radius 1 is 1.24 bits per heavy atom. The topological polar surface area (TPSA) is 45.7 Å². The quantitative estimate of drug-likeness (QED) is 0.401. The maximum Gasteiger partial charge on any atom is 0.191 e. The van der Waals surface area contributed by atoms with Crippen LogP contribution in [-0.2, 0) is 17.6 Å². The minimum Gasteiger partial charge on any atom is -0.380 e. The number of guanidine groups is 1. The summed E-state index contributed by atoms with van der Waals surface area (Å²) in [6, 6.07) is 7.22. The molecule has 0 aromatic heterocycles. The summed E-state index contributed by atoms with van der Waals surface area (Å²) in [5.74, 6) is 0.899. The second kappa shape index (κ2) is 9.21. The first-order valence-electron chi connectivity index (χ1n) is 9.34. The first kappa shape index (κ1) is 20.5. The number of fused-ring (bicyclic) bond motifs is 1. The van der Waals surface area contributed by atoms with Crippen molar-refractivity contribution in [3.8, 4) is 0 Å². The highest BCUT2D eigenvalue weighted by Gasteiger charge is 2.33. The predicted octanol–water partition coefficient (Wildman–Crippen LogP) is 3.84. The van der Waals surface area contributed by atoms with Gasteiger partial charge in [0.05, 0.1) is 25.8 Å². The van der Waals surface area contributed by atoms with Crippen molar-refractivity contribution in [2.75, 3.05) is 26.3 Å². The number of nitrogens with one attached hydrogen (secondary N) is 2. The average molecular weight is 457 g/mol. The van der Waals surface area contributed by atoms with Crippen molar-refractivity contribution in [3.63, 3.8) is 0 Å². The second-order valence-corrected chi connectivity index (χ2v) is 7.60. The predicted molar refractivity (Wildman–Crippen MR) is 115 cm³/mol. The number of hydrogen-bond donors (Lipinski definition) is 2. The van der Waals surface area contributed by atoms with E-state index in [0.717, 1.165) is 32.3 Å². The van der Waals surface area contributed by atoms with E-state index in [1.807, 2.05) is 0 Å². The lowest BCUT2D eigenvalue weighted by Gasteiger charge is -2.36. The van der Waals surface area contributed by atoms with Crippen molar-refractivity contribution in [1.82, 2.24) is 10.6 Å². The number of benzene rings is 1. The Morgan fingerprint density at radius 2 is 1.96 bits per heavy atom. The molecular weight excluding hydrogens is 425 g/mol. The molecule has 1 saturated heterocycles. The maximum absolute atomic E-state index is 5.32. The fourth-order valence-corrected chi connectivity index (χ4v) is 3.44. The second-order valence-electron chi connectivity index (χ2n) is 7.60. The maximum atomic E-state index is 5.32. The third kappa shape index (κ3) is 5.33. The molecule has 0 spiro atoms. The van der Waals surface area contributed by atoms with E-state index in [1.165, 1.54) is 42.4 Å². The molecule has 0 saturated carbocycles. The summed E-state index contributed by atoms with van der Waals surface area (Å²) >= 11 is 0. The van der Waals surface area contributed by atoms with Crippen molar-refractivity contribution in [2.24, 2.45) is 10.4 Å². The Balaban J connectivity index is 0.00000225. The van der Waals surface area contributed by atoms with E-state index in [4.69, 9.17) is 9.73 Å². The van der Waals surface area contributed by atoms with Gasteiger partial charge in [0.1, 0.15) is 0 Å². The molecular formula is C20H32IN3O. The summed E-state index contributed by atoms with van der Waals surface area (Å²) in [5.41, 5.74) is 4.63. The molecule has 4 nitrogen and oxygen atoms in total. The first-order valence-corrected chi connectivity index (χ1v) is 9.34. The van der Waals surface area contributed by atoms with Gasteiger partial charge in [-0.15, -0.1) is 24.0 Å². The van der Waals surface area contributed by atoms with Gasteiger partial charge in [-0.05, 0) is 56.2 Å². The molecule has 0 bridgehead atoms. The van der Waals surface area contributed by atoms with Gasteiger partial charge in [0.2, 0.25) is 0 Å². The van der Waals surface area contributed by atoms with E-state index in [9.17, 15) is 0 Å². The van der Waals surface area contributed by atoms with Crippen LogP contribution in [0.4, 0.5) is 0 Å². The van der Waals surface area contributed by atoms with Gasteiger partial charge in [0.25, 0.3) is 0 Å². The summed E-state index contributed by atoms with van der Waals surface area (Å²) in [7, 11) is 0. The standard InChI is InChI=1S/C20H31N3O.HI/c1-4-21-19(22-12-20(3)13-24-14-20)23-15(2)17-10-9-16-7-5-6-8-18(16)11-17;/h9-11,15H,4-8,12-14H2,1-3H3,(H2,21,22,23);1H. The van der Waals surface area contributed by atoms with Crippen LogP contribution in [0.5, 0.6) is 0 Å².